The van der Waals surface area contributed by atoms with E-state index in [2.05, 4.69) is 41.9 Å². The number of hydrogen-bond acceptors (Lipinski definition) is 0. The van der Waals surface area contributed by atoms with E-state index in [4.69, 9.17) is 11.6 Å². The SMILES string of the molecule is Cc1cc(Cl)c(C(Br)CC2CCC2)cc1C. The van der Waals surface area contributed by atoms with Crippen molar-refractivity contribution in [3.63, 3.8) is 0 Å². The summed E-state index contributed by atoms with van der Waals surface area (Å²) >= 11 is 10.1. The maximum Gasteiger partial charge on any atom is 0.0452 e. The molecule has 16 heavy (non-hydrogen) atoms. The second kappa shape index (κ2) is 5.10. The number of alkyl halides is 1. The summed E-state index contributed by atoms with van der Waals surface area (Å²) in [6.07, 6.45) is 5.42. The van der Waals surface area contributed by atoms with E-state index in [9.17, 15) is 0 Å². The maximum absolute atomic E-state index is 6.31. The van der Waals surface area contributed by atoms with Gasteiger partial charge < -0.3 is 0 Å². The lowest BCUT2D eigenvalue weighted by Crippen LogP contribution is -2.13. The molecule has 0 saturated heterocycles. The second-order valence-electron chi connectivity index (χ2n) is 4.96. The normalized spacial score (nSPS) is 18.2. The summed E-state index contributed by atoms with van der Waals surface area (Å²) in [6.45, 7) is 4.26. The summed E-state index contributed by atoms with van der Waals surface area (Å²) in [7, 11) is 0. The molecule has 0 radical (unpaired) electrons. The quantitative estimate of drug-likeness (QED) is 0.639. The highest BCUT2D eigenvalue weighted by Crippen LogP contribution is 2.41. The minimum absolute atomic E-state index is 0.421. The third kappa shape index (κ3) is 2.62. The van der Waals surface area contributed by atoms with Gasteiger partial charge >= 0.3 is 0 Å². The first-order valence-electron chi connectivity index (χ1n) is 5.98. The van der Waals surface area contributed by atoms with Gasteiger partial charge in [-0.15, -0.1) is 0 Å². The van der Waals surface area contributed by atoms with E-state index in [-0.39, 0.29) is 0 Å². The maximum atomic E-state index is 6.31. The van der Waals surface area contributed by atoms with Gasteiger partial charge in [0.25, 0.3) is 0 Å². The highest BCUT2D eigenvalue weighted by Gasteiger charge is 2.22. The molecule has 0 aliphatic heterocycles. The molecule has 2 heteroatoms. The van der Waals surface area contributed by atoms with Gasteiger partial charge in [-0.3, -0.25) is 0 Å². The van der Waals surface area contributed by atoms with Crippen LogP contribution in [-0.2, 0) is 0 Å². The molecule has 1 saturated carbocycles. The molecule has 0 spiro atoms. The van der Waals surface area contributed by atoms with Crippen LogP contribution in [0, 0.1) is 19.8 Å². The summed E-state index contributed by atoms with van der Waals surface area (Å²) in [5.41, 5.74) is 3.87. The zero-order valence-corrected chi connectivity index (χ0v) is 12.2. The zero-order chi connectivity index (χ0) is 11.7. The Bertz CT molecular complexity index is 383. The topological polar surface area (TPSA) is 0 Å². The van der Waals surface area contributed by atoms with Crippen LogP contribution >= 0.6 is 27.5 Å². The summed E-state index contributed by atoms with van der Waals surface area (Å²) in [6, 6.07) is 4.32. The van der Waals surface area contributed by atoms with E-state index in [1.54, 1.807) is 0 Å². The first-order valence-corrected chi connectivity index (χ1v) is 7.28. The van der Waals surface area contributed by atoms with Crippen LogP contribution < -0.4 is 0 Å². The zero-order valence-electron chi connectivity index (χ0n) is 9.89. The molecule has 0 aromatic heterocycles. The van der Waals surface area contributed by atoms with E-state index >= 15 is 0 Å². The lowest BCUT2D eigenvalue weighted by Gasteiger charge is -2.28. The fourth-order valence-corrected chi connectivity index (χ4v) is 3.58. The lowest BCUT2D eigenvalue weighted by atomic mass is 9.81. The highest BCUT2D eigenvalue weighted by atomic mass is 79.9. The minimum atomic E-state index is 0.421. The molecule has 0 heterocycles. The van der Waals surface area contributed by atoms with E-state index in [0.717, 1.165) is 10.9 Å². The summed E-state index contributed by atoms with van der Waals surface area (Å²) in [5.74, 6) is 0.905. The Morgan fingerprint density at radius 1 is 1.31 bits per heavy atom. The summed E-state index contributed by atoms with van der Waals surface area (Å²) in [4.78, 5) is 0.421. The van der Waals surface area contributed by atoms with Crippen molar-refractivity contribution in [1.82, 2.24) is 0 Å². The fraction of sp³-hybridized carbons (Fsp3) is 0.571. The molecular weight excluding hydrogens is 284 g/mol. The van der Waals surface area contributed by atoms with E-state index in [1.807, 2.05) is 0 Å². The van der Waals surface area contributed by atoms with Crippen LogP contribution in [0.2, 0.25) is 5.02 Å². The molecule has 1 aromatic rings. The smallest absolute Gasteiger partial charge is 0.0452 e. The van der Waals surface area contributed by atoms with Crippen molar-refractivity contribution >= 4 is 27.5 Å². The Morgan fingerprint density at radius 2 is 1.94 bits per heavy atom. The molecule has 1 aromatic carbocycles. The molecule has 1 fully saturated rings. The summed E-state index contributed by atoms with van der Waals surface area (Å²) < 4.78 is 0. The molecule has 1 aliphatic carbocycles. The van der Waals surface area contributed by atoms with Crippen molar-refractivity contribution in [2.24, 2.45) is 5.92 Å². The van der Waals surface area contributed by atoms with Gasteiger partial charge in [0.15, 0.2) is 0 Å². The van der Waals surface area contributed by atoms with Crippen molar-refractivity contribution in [2.45, 2.75) is 44.4 Å². The first kappa shape index (κ1) is 12.4. The molecule has 0 N–H and O–H groups in total. The Labute approximate surface area is 112 Å². The van der Waals surface area contributed by atoms with Gasteiger partial charge in [0.05, 0.1) is 0 Å². The Balaban J connectivity index is 2.14. The average molecular weight is 302 g/mol. The monoisotopic (exact) mass is 300 g/mol. The predicted octanol–water partition coefficient (Wildman–Crippen LogP) is 5.58. The molecule has 1 atom stereocenters. The van der Waals surface area contributed by atoms with Crippen LogP contribution in [0.25, 0.3) is 0 Å². The number of aryl methyl sites for hydroxylation is 2. The Kier molecular flexibility index (Phi) is 3.97. The van der Waals surface area contributed by atoms with Gasteiger partial charge in [0.1, 0.15) is 0 Å². The van der Waals surface area contributed by atoms with Gasteiger partial charge in [0.2, 0.25) is 0 Å². The van der Waals surface area contributed by atoms with Crippen molar-refractivity contribution in [1.29, 1.82) is 0 Å². The van der Waals surface area contributed by atoms with Crippen LogP contribution in [0.15, 0.2) is 12.1 Å². The lowest BCUT2D eigenvalue weighted by molar-refractivity contribution is 0.295. The van der Waals surface area contributed by atoms with Crippen LogP contribution in [-0.4, -0.2) is 0 Å². The predicted molar refractivity (Wildman–Crippen MR) is 74.6 cm³/mol. The van der Waals surface area contributed by atoms with Crippen LogP contribution in [0.1, 0.15) is 47.2 Å². The highest BCUT2D eigenvalue weighted by molar-refractivity contribution is 9.09. The van der Waals surface area contributed by atoms with Gasteiger partial charge in [-0.25, -0.2) is 0 Å². The van der Waals surface area contributed by atoms with Crippen molar-refractivity contribution < 1.29 is 0 Å². The van der Waals surface area contributed by atoms with Gasteiger partial charge in [-0.2, -0.15) is 0 Å². The Hall–Kier alpha value is -0.0100. The Morgan fingerprint density at radius 3 is 2.50 bits per heavy atom. The van der Waals surface area contributed by atoms with Gasteiger partial charge in [-0.1, -0.05) is 52.9 Å². The molecule has 1 unspecified atom stereocenters. The molecule has 0 bridgehead atoms. The first-order chi connectivity index (χ1) is 7.58. The summed E-state index contributed by atoms with van der Waals surface area (Å²) in [5, 5.41) is 0.907. The van der Waals surface area contributed by atoms with E-state index < -0.39 is 0 Å². The van der Waals surface area contributed by atoms with Crippen molar-refractivity contribution in [2.75, 3.05) is 0 Å². The van der Waals surface area contributed by atoms with Crippen molar-refractivity contribution in [3.05, 3.63) is 33.8 Å². The van der Waals surface area contributed by atoms with Crippen LogP contribution in [0.5, 0.6) is 0 Å². The largest absolute Gasteiger partial charge is 0.0840 e. The number of halogens is 2. The van der Waals surface area contributed by atoms with Crippen LogP contribution in [0.4, 0.5) is 0 Å². The molecule has 0 nitrogen and oxygen atoms in total. The molecule has 1 aliphatic rings. The average Bonchev–Trinajstić information content (AvgIpc) is 2.17. The number of rotatable bonds is 3. The van der Waals surface area contributed by atoms with Gasteiger partial charge in [-0.05, 0) is 48.9 Å². The third-order valence-corrected chi connectivity index (χ3v) is 4.91. The molecule has 2 rings (SSSR count). The number of benzene rings is 1. The third-order valence-electron chi connectivity index (χ3n) is 3.72. The minimum Gasteiger partial charge on any atom is -0.0840 e. The second-order valence-corrected chi connectivity index (χ2v) is 6.47. The molecule has 0 amide bonds. The molecule has 88 valence electrons. The van der Waals surface area contributed by atoms with Crippen LogP contribution in [0.3, 0.4) is 0 Å². The fourth-order valence-electron chi connectivity index (χ4n) is 2.19. The van der Waals surface area contributed by atoms with Gasteiger partial charge in [0, 0.05) is 9.85 Å². The molecular formula is C14H18BrCl. The van der Waals surface area contributed by atoms with E-state index in [1.165, 1.54) is 42.4 Å². The van der Waals surface area contributed by atoms with E-state index in [0.29, 0.717) is 4.83 Å². The standard InChI is InChI=1S/C14H18BrCl/c1-9-6-12(14(16)7-10(9)2)13(15)8-11-4-3-5-11/h6-7,11,13H,3-5,8H2,1-2H3. The number of hydrogen-bond donors (Lipinski definition) is 0. The van der Waals surface area contributed by atoms with Crippen molar-refractivity contribution in [3.8, 4) is 0 Å².